The Morgan fingerprint density at radius 1 is 1.21 bits per heavy atom. The lowest BCUT2D eigenvalue weighted by Crippen LogP contribution is -2.33. The standard InChI is InChI=1S/C20H25N3O5/c1-13(19(26)21-16-9-8-14-5-3-6-15(14)11-16)28-18(25)7-4-10-23-17(24)12-22(2)20(23)27/h8-9,11,13H,3-7,10,12H2,1-2H3,(H,21,26)/t13-/m0/s1. The number of urea groups is 1. The SMILES string of the molecule is C[C@H](OC(=O)CCCN1C(=O)CN(C)C1=O)C(=O)Nc1ccc2c(c1)CCC2. The summed E-state index contributed by atoms with van der Waals surface area (Å²) in [5.74, 6) is -1.20. The Morgan fingerprint density at radius 2 is 1.96 bits per heavy atom. The van der Waals surface area contributed by atoms with Gasteiger partial charge in [0.15, 0.2) is 6.10 Å². The van der Waals surface area contributed by atoms with E-state index in [1.807, 2.05) is 18.2 Å². The van der Waals surface area contributed by atoms with Crippen molar-refractivity contribution in [3.8, 4) is 0 Å². The normalized spacial score (nSPS) is 16.9. The van der Waals surface area contributed by atoms with Crippen molar-refractivity contribution in [3.63, 3.8) is 0 Å². The first-order valence-electron chi connectivity index (χ1n) is 9.53. The van der Waals surface area contributed by atoms with Crippen LogP contribution >= 0.6 is 0 Å². The Kier molecular flexibility index (Phi) is 5.96. The summed E-state index contributed by atoms with van der Waals surface area (Å²) in [5.41, 5.74) is 3.27. The monoisotopic (exact) mass is 387 g/mol. The number of fused-ring (bicyclic) bond motifs is 1. The van der Waals surface area contributed by atoms with E-state index in [9.17, 15) is 19.2 Å². The minimum absolute atomic E-state index is 0.0250. The largest absolute Gasteiger partial charge is 0.453 e. The number of nitrogens with zero attached hydrogens (tertiary/aromatic N) is 2. The summed E-state index contributed by atoms with van der Waals surface area (Å²) in [5, 5.41) is 2.77. The molecule has 0 aromatic heterocycles. The molecular weight excluding hydrogens is 362 g/mol. The zero-order chi connectivity index (χ0) is 20.3. The number of amides is 4. The highest BCUT2D eigenvalue weighted by atomic mass is 16.5. The third kappa shape index (κ3) is 4.49. The highest BCUT2D eigenvalue weighted by Gasteiger charge is 2.33. The van der Waals surface area contributed by atoms with Crippen molar-refractivity contribution >= 4 is 29.5 Å². The smallest absolute Gasteiger partial charge is 0.326 e. The Balaban J connectivity index is 1.41. The van der Waals surface area contributed by atoms with Crippen LogP contribution in [0.4, 0.5) is 10.5 Å². The van der Waals surface area contributed by atoms with E-state index >= 15 is 0 Å². The molecule has 1 atom stereocenters. The van der Waals surface area contributed by atoms with Crippen LogP contribution in [-0.2, 0) is 32.0 Å². The van der Waals surface area contributed by atoms with Gasteiger partial charge in [-0.2, -0.15) is 0 Å². The van der Waals surface area contributed by atoms with Crippen LogP contribution < -0.4 is 5.32 Å². The van der Waals surface area contributed by atoms with E-state index in [-0.39, 0.29) is 31.4 Å². The Bertz CT molecular complexity index is 807. The van der Waals surface area contributed by atoms with Crippen LogP contribution in [0.25, 0.3) is 0 Å². The van der Waals surface area contributed by atoms with E-state index in [0.29, 0.717) is 12.1 Å². The average molecular weight is 387 g/mol. The molecule has 1 heterocycles. The van der Waals surface area contributed by atoms with Gasteiger partial charge in [-0.1, -0.05) is 6.07 Å². The molecule has 8 nitrogen and oxygen atoms in total. The molecule has 0 saturated carbocycles. The molecule has 150 valence electrons. The van der Waals surface area contributed by atoms with Crippen molar-refractivity contribution in [2.45, 2.75) is 45.1 Å². The predicted octanol–water partition coefficient (Wildman–Crippen LogP) is 1.72. The highest BCUT2D eigenvalue weighted by molar-refractivity contribution is 6.01. The molecule has 2 aliphatic rings. The molecule has 1 aromatic rings. The fraction of sp³-hybridized carbons (Fsp3) is 0.500. The van der Waals surface area contributed by atoms with Gasteiger partial charge in [0.05, 0.1) is 0 Å². The van der Waals surface area contributed by atoms with Gasteiger partial charge in [-0.3, -0.25) is 19.3 Å². The lowest BCUT2D eigenvalue weighted by Gasteiger charge is -2.15. The van der Waals surface area contributed by atoms with Crippen LogP contribution in [0, 0.1) is 0 Å². The van der Waals surface area contributed by atoms with Crippen LogP contribution in [0.1, 0.15) is 37.3 Å². The molecule has 0 spiro atoms. The molecule has 1 aromatic carbocycles. The van der Waals surface area contributed by atoms with E-state index in [1.165, 1.54) is 23.0 Å². The minimum Gasteiger partial charge on any atom is -0.453 e. The van der Waals surface area contributed by atoms with Gasteiger partial charge in [-0.05, 0) is 55.9 Å². The fourth-order valence-electron chi connectivity index (χ4n) is 3.47. The molecule has 1 N–H and O–H groups in total. The van der Waals surface area contributed by atoms with Gasteiger partial charge in [-0.25, -0.2) is 4.79 Å². The van der Waals surface area contributed by atoms with E-state index in [0.717, 1.165) is 24.2 Å². The highest BCUT2D eigenvalue weighted by Crippen LogP contribution is 2.25. The average Bonchev–Trinajstić information content (AvgIpc) is 3.20. The third-order valence-electron chi connectivity index (χ3n) is 5.04. The summed E-state index contributed by atoms with van der Waals surface area (Å²) >= 11 is 0. The second kappa shape index (κ2) is 8.41. The molecule has 0 radical (unpaired) electrons. The zero-order valence-corrected chi connectivity index (χ0v) is 16.2. The Morgan fingerprint density at radius 3 is 2.68 bits per heavy atom. The number of esters is 1. The first-order chi connectivity index (χ1) is 13.3. The molecular formula is C20H25N3O5. The minimum atomic E-state index is -0.929. The van der Waals surface area contributed by atoms with Gasteiger partial charge in [0, 0.05) is 25.7 Å². The topological polar surface area (TPSA) is 96.0 Å². The number of ether oxygens (including phenoxy) is 1. The summed E-state index contributed by atoms with van der Waals surface area (Å²) in [6, 6.07) is 5.49. The maximum Gasteiger partial charge on any atom is 0.326 e. The molecule has 1 aliphatic heterocycles. The molecule has 8 heteroatoms. The van der Waals surface area contributed by atoms with Crippen molar-refractivity contribution in [2.24, 2.45) is 0 Å². The second-order valence-electron chi connectivity index (χ2n) is 7.25. The summed E-state index contributed by atoms with van der Waals surface area (Å²) in [7, 11) is 1.55. The predicted molar refractivity (Wildman–Crippen MR) is 102 cm³/mol. The molecule has 1 fully saturated rings. The van der Waals surface area contributed by atoms with Crippen LogP contribution in [0.5, 0.6) is 0 Å². The van der Waals surface area contributed by atoms with Gasteiger partial charge >= 0.3 is 12.0 Å². The summed E-state index contributed by atoms with van der Waals surface area (Å²) in [6.07, 6.45) is 2.61. The zero-order valence-electron chi connectivity index (χ0n) is 16.2. The Hall–Kier alpha value is -2.90. The first kappa shape index (κ1) is 19.9. The number of hydrogen-bond acceptors (Lipinski definition) is 5. The van der Waals surface area contributed by atoms with Crippen LogP contribution in [0.3, 0.4) is 0 Å². The van der Waals surface area contributed by atoms with Gasteiger partial charge in [0.2, 0.25) is 5.91 Å². The van der Waals surface area contributed by atoms with Crippen LogP contribution in [0.15, 0.2) is 18.2 Å². The van der Waals surface area contributed by atoms with E-state index in [2.05, 4.69) is 5.32 Å². The molecule has 1 aliphatic carbocycles. The number of anilines is 1. The number of nitrogens with one attached hydrogen (secondary N) is 1. The fourth-order valence-corrected chi connectivity index (χ4v) is 3.47. The number of likely N-dealkylation sites (N-methyl/N-ethyl adjacent to an activating group) is 1. The number of carbonyl (C=O) groups is 4. The van der Waals surface area contributed by atoms with E-state index in [4.69, 9.17) is 4.74 Å². The lowest BCUT2D eigenvalue weighted by molar-refractivity contribution is -0.153. The number of aryl methyl sites for hydroxylation is 2. The molecule has 4 amide bonds. The Labute approximate surface area is 163 Å². The number of carbonyl (C=O) groups excluding carboxylic acids is 4. The van der Waals surface area contributed by atoms with E-state index < -0.39 is 18.0 Å². The first-order valence-corrected chi connectivity index (χ1v) is 9.53. The number of hydrogen-bond donors (Lipinski definition) is 1. The second-order valence-corrected chi connectivity index (χ2v) is 7.25. The molecule has 28 heavy (non-hydrogen) atoms. The number of rotatable bonds is 7. The van der Waals surface area contributed by atoms with Crippen molar-refractivity contribution in [3.05, 3.63) is 29.3 Å². The molecule has 0 unspecified atom stereocenters. The van der Waals surface area contributed by atoms with Gasteiger partial charge in [0.25, 0.3) is 5.91 Å². The molecule has 1 saturated heterocycles. The third-order valence-corrected chi connectivity index (χ3v) is 5.04. The van der Waals surface area contributed by atoms with Crippen LogP contribution in [-0.4, -0.2) is 59.9 Å². The quantitative estimate of drug-likeness (QED) is 0.568. The maximum absolute atomic E-state index is 12.3. The molecule has 3 rings (SSSR count). The number of benzene rings is 1. The summed E-state index contributed by atoms with van der Waals surface area (Å²) in [6.45, 7) is 1.74. The van der Waals surface area contributed by atoms with Gasteiger partial charge < -0.3 is 15.0 Å². The van der Waals surface area contributed by atoms with Gasteiger partial charge in [0.1, 0.15) is 6.54 Å². The molecule has 0 bridgehead atoms. The van der Waals surface area contributed by atoms with Crippen molar-refractivity contribution in [1.29, 1.82) is 0 Å². The summed E-state index contributed by atoms with van der Waals surface area (Å²) in [4.78, 5) is 50.1. The van der Waals surface area contributed by atoms with Gasteiger partial charge in [-0.15, -0.1) is 0 Å². The van der Waals surface area contributed by atoms with Crippen molar-refractivity contribution in [2.75, 3.05) is 25.5 Å². The van der Waals surface area contributed by atoms with Crippen molar-refractivity contribution < 1.29 is 23.9 Å². The number of imide groups is 1. The van der Waals surface area contributed by atoms with Crippen LogP contribution in [0.2, 0.25) is 0 Å². The van der Waals surface area contributed by atoms with Crippen molar-refractivity contribution in [1.82, 2.24) is 9.80 Å². The maximum atomic E-state index is 12.3. The van der Waals surface area contributed by atoms with E-state index in [1.54, 1.807) is 7.05 Å². The summed E-state index contributed by atoms with van der Waals surface area (Å²) < 4.78 is 5.17. The lowest BCUT2D eigenvalue weighted by atomic mass is 10.1.